The quantitative estimate of drug-likeness (QED) is 0.298. The Morgan fingerprint density at radius 2 is 1.45 bits per heavy atom. The molecular formula is C36H42FN9O. The molecule has 4 aliphatic rings. The van der Waals surface area contributed by atoms with Gasteiger partial charge in [0.25, 0.3) is 0 Å². The Morgan fingerprint density at radius 3 is 2.19 bits per heavy atom. The highest BCUT2D eigenvalue weighted by Crippen LogP contribution is 2.40. The molecule has 8 rings (SSSR count). The van der Waals surface area contributed by atoms with Crippen LogP contribution in [0.1, 0.15) is 50.1 Å². The Balaban J connectivity index is 0.903. The summed E-state index contributed by atoms with van der Waals surface area (Å²) in [4.78, 5) is 19.5. The van der Waals surface area contributed by atoms with E-state index in [1.54, 1.807) is 24.3 Å². The van der Waals surface area contributed by atoms with Crippen molar-refractivity contribution in [3.05, 3.63) is 78.4 Å². The molecule has 2 atom stereocenters. The summed E-state index contributed by atoms with van der Waals surface area (Å²) in [5, 5.41) is 18.9. The highest BCUT2D eigenvalue weighted by atomic mass is 19.1. The standard InChI is InChI=1S/C36H42FN9O/c37-29-6-2-3-7-32(29)44-19-17-43(18-20-44)25-11-9-24(10-12-25)30-15-16-39-36(40-30)46-26-13-14-27(46)23-45(22-26)33-21-31(41-42-35(33)38)28-5-1-4-8-34(28)47/h1-8,15-16,21,24-27,47H,9-14,17-20,22-23H2,(H2,38,42). The molecule has 3 saturated heterocycles. The number of nitrogens with zero attached hydrogens (tertiary/aromatic N) is 8. The van der Waals surface area contributed by atoms with E-state index in [9.17, 15) is 9.50 Å². The summed E-state index contributed by atoms with van der Waals surface area (Å²) in [5.74, 6) is 1.74. The van der Waals surface area contributed by atoms with Crippen molar-refractivity contribution in [2.24, 2.45) is 0 Å². The van der Waals surface area contributed by atoms with Crippen LogP contribution < -0.4 is 20.4 Å². The Bertz CT molecular complexity index is 1710. The number of nitrogen functional groups attached to an aromatic ring is 1. The first-order valence-electron chi connectivity index (χ1n) is 17.0. The van der Waals surface area contributed by atoms with Crippen LogP contribution in [0.2, 0.25) is 0 Å². The molecule has 0 radical (unpaired) electrons. The van der Waals surface area contributed by atoms with E-state index in [1.165, 1.54) is 0 Å². The number of phenols is 1. The molecule has 3 N–H and O–H groups in total. The summed E-state index contributed by atoms with van der Waals surface area (Å²) >= 11 is 0. The van der Waals surface area contributed by atoms with Gasteiger partial charge in [-0.25, -0.2) is 14.4 Å². The highest BCUT2D eigenvalue weighted by molar-refractivity contribution is 5.74. The van der Waals surface area contributed by atoms with Crippen LogP contribution in [-0.4, -0.2) is 87.6 Å². The maximum Gasteiger partial charge on any atom is 0.226 e. The lowest BCUT2D eigenvalue weighted by Gasteiger charge is -2.43. The Labute approximate surface area is 275 Å². The normalized spacial score (nSPS) is 24.9. The molecule has 11 heteroatoms. The van der Waals surface area contributed by atoms with Crippen molar-refractivity contribution in [2.75, 3.05) is 59.7 Å². The van der Waals surface area contributed by atoms with E-state index in [4.69, 9.17) is 15.7 Å². The Hall–Kier alpha value is -4.51. The first-order chi connectivity index (χ1) is 23.0. The maximum atomic E-state index is 14.3. The number of para-hydroxylation sites is 2. The number of aromatic hydroxyl groups is 1. The summed E-state index contributed by atoms with van der Waals surface area (Å²) in [7, 11) is 0. The summed E-state index contributed by atoms with van der Waals surface area (Å²) in [6, 6.07) is 19.5. The van der Waals surface area contributed by atoms with Gasteiger partial charge in [0.05, 0.1) is 17.1 Å². The second kappa shape index (κ2) is 12.6. The highest BCUT2D eigenvalue weighted by Gasteiger charge is 2.42. The van der Waals surface area contributed by atoms with Crippen LogP contribution in [0.15, 0.2) is 66.9 Å². The summed E-state index contributed by atoms with van der Waals surface area (Å²) < 4.78 is 14.3. The minimum absolute atomic E-state index is 0.129. The maximum absolute atomic E-state index is 14.3. The molecule has 4 fully saturated rings. The number of halogens is 1. The molecule has 5 heterocycles. The number of benzene rings is 2. The molecule has 1 saturated carbocycles. The van der Waals surface area contributed by atoms with Crippen LogP contribution in [0.5, 0.6) is 5.75 Å². The molecule has 2 unspecified atom stereocenters. The lowest BCUT2D eigenvalue weighted by atomic mass is 9.83. The van der Waals surface area contributed by atoms with Crippen LogP contribution in [0.4, 0.5) is 27.5 Å². The van der Waals surface area contributed by atoms with E-state index < -0.39 is 0 Å². The van der Waals surface area contributed by atoms with E-state index in [1.807, 2.05) is 36.5 Å². The lowest BCUT2D eigenvalue weighted by Crippen LogP contribution is -2.54. The van der Waals surface area contributed by atoms with Gasteiger partial charge in [0.2, 0.25) is 5.95 Å². The molecule has 4 aromatic rings. The van der Waals surface area contributed by atoms with Gasteiger partial charge in [0.1, 0.15) is 11.6 Å². The third kappa shape index (κ3) is 5.81. The first kappa shape index (κ1) is 29.9. The molecule has 3 aliphatic heterocycles. The molecule has 10 nitrogen and oxygen atoms in total. The number of fused-ring (bicyclic) bond motifs is 2. The molecule has 47 heavy (non-hydrogen) atoms. The van der Waals surface area contributed by atoms with Gasteiger partial charge in [-0.15, -0.1) is 10.2 Å². The second-order valence-electron chi connectivity index (χ2n) is 13.5. The zero-order valence-corrected chi connectivity index (χ0v) is 26.6. The molecular weight excluding hydrogens is 593 g/mol. The average Bonchev–Trinajstić information content (AvgIpc) is 3.38. The number of rotatable bonds is 6. The van der Waals surface area contributed by atoms with Crippen LogP contribution in [0, 0.1) is 5.82 Å². The molecule has 0 amide bonds. The van der Waals surface area contributed by atoms with Gasteiger partial charge in [-0.2, -0.15) is 0 Å². The van der Waals surface area contributed by atoms with Gasteiger partial charge in [-0.3, -0.25) is 4.90 Å². The van der Waals surface area contributed by atoms with Crippen molar-refractivity contribution in [3.63, 3.8) is 0 Å². The van der Waals surface area contributed by atoms with Gasteiger partial charge in [-0.05, 0) is 74.9 Å². The van der Waals surface area contributed by atoms with Crippen LogP contribution in [0.25, 0.3) is 11.3 Å². The van der Waals surface area contributed by atoms with E-state index in [2.05, 4.69) is 35.9 Å². The predicted octanol–water partition coefficient (Wildman–Crippen LogP) is 5.07. The van der Waals surface area contributed by atoms with E-state index >= 15 is 0 Å². The minimum atomic E-state index is -0.129. The van der Waals surface area contributed by atoms with Gasteiger partial charge in [0.15, 0.2) is 5.82 Å². The third-order valence-electron chi connectivity index (χ3n) is 10.8. The zero-order chi connectivity index (χ0) is 31.9. The van der Waals surface area contributed by atoms with Gasteiger partial charge in [0, 0.05) is 80.8 Å². The summed E-state index contributed by atoms with van der Waals surface area (Å²) in [6.07, 6.45) is 8.69. The monoisotopic (exact) mass is 635 g/mol. The molecule has 2 aromatic heterocycles. The van der Waals surface area contributed by atoms with Gasteiger partial charge in [-0.1, -0.05) is 24.3 Å². The molecule has 2 bridgehead atoms. The summed E-state index contributed by atoms with van der Waals surface area (Å²) in [5.41, 5.74) is 10.3. The van der Waals surface area contributed by atoms with Crippen molar-refractivity contribution in [2.45, 2.75) is 62.6 Å². The van der Waals surface area contributed by atoms with E-state index in [0.29, 0.717) is 29.0 Å². The lowest BCUT2D eigenvalue weighted by molar-refractivity contribution is 0.140. The Kier molecular flexibility index (Phi) is 8.00. The predicted molar refractivity (Wildman–Crippen MR) is 182 cm³/mol. The van der Waals surface area contributed by atoms with Crippen LogP contribution in [-0.2, 0) is 0 Å². The van der Waals surface area contributed by atoms with Gasteiger partial charge < -0.3 is 25.5 Å². The summed E-state index contributed by atoms with van der Waals surface area (Å²) in [6.45, 7) is 5.30. The fourth-order valence-corrected chi connectivity index (χ4v) is 8.38. The topological polar surface area (TPSA) is 111 Å². The van der Waals surface area contributed by atoms with Crippen molar-refractivity contribution in [1.82, 2.24) is 25.1 Å². The molecule has 0 spiro atoms. The number of aromatic nitrogens is 4. The Morgan fingerprint density at radius 1 is 0.745 bits per heavy atom. The van der Waals surface area contributed by atoms with Gasteiger partial charge >= 0.3 is 0 Å². The molecule has 2 aromatic carbocycles. The minimum Gasteiger partial charge on any atom is -0.507 e. The number of hydrogen-bond donors (Lipinski definition) is 2. The molecule has 244 valence electrons. The van der Waals surface area contributed by atoms with Crippen molar-refractivity contribution in [1.29, 1.82) is 0 Å². The number of phenolic OH excluding ortho intramolecular Hbond substituents is 1. The van der Waals surface area contributed by atoms with E-state index in [0.717, 1.165) is 101 Å². The van der Waals surface area contributed by atoms with Crippen molar-refractivity contribution < 1.29 is 9.50 Å². The third-order valence-corrected chi connectivity index (χ3v) is 10.8. The number of piperazine rings is 2. The van der Waals surface area contributed by atoms with Crippen molar-refractivity contribution in [3.8, 4) is 17.0 Å². The largest absolute Gasteiger partial charge is 0.507 e. The fraction of sp³-hybridized carbons (Fsp3) is 0.444. The number of anilines is 4. The number of nitrogens with two attached hydrogens (primary N) is 1. The van der Waals surface area contributed by atoms with Crippen LogP contribution in [0.3, 0.4) is 0 Å². The second-order valence-corrected chi connectivity index (χ2v) is 13.5. The average molecular weight is 636 g/mol. The SMILES string of the molecule is Nc1nnc(-c2ccccc2O)cc1N1CC2CCC(C1)N2c1nccc(C2CCC(N3CCN(c4ccccc4F)CC3)CC2)n1. The molecule has 1 aliphatic carbocycles. The smallest absolute Gasteiger partial charge is 0.226 e. The fourth-order valence-electron chi connectivity index (χ4n) is 8.38. The zero-order valence-electron chi connectivity index (χ0n) is 26.6. The first-order valence-corrected chi connectivity index (χ1v) is 17.0. The van der Waals surface area contributed by atoms with E-state index in [-0.39, 0.29) is 23.7 Å². The van der Waals surface area contributed by atoms with Crippen molar-refractivity contribution >= 4 is 23.1 Å². The van der Waals surface area contributed by atoms with Crippen LogP contribution >= 0.6 is 0 Å². The number of hydrogen-bond acceptors (Lipinski definition) is 10.